The van der Waals surface area contributed by atoms with Gasteiger partial charge in [-0.1, -0.05) is 31.5 Å². The molecule has 2 saturated heterocycles. The minimum absolute atomic E-state index is 0.00134. The van der Waals surface area contributed by atoms with Crippen molar-refractivity contribution in [1.29, 1.82) is 0 Å². The molecule has 0 aliphatic carbocycles. The molecule has 0 bridgehead atoms. The van der Waals surface area contributed by atoms with Gasteiger partial charge in [0.1, 0.15) is 0 Å². The number of carbonyl (C=O) groups excluding carboxylic acids is 2. The molecule has 1 atom stereocenters. The van der Waals surface area contributed by atoms with E-state index in [1.807, 2.05) is 28.0 Å². The van der Waals surface area contributed by atoms with Crippen LogP contribution < -0.4 is 14.8 Å². The minimum Gasteiger partial charge on any atom is -0.493 e. The second-order valence-corrected chi connectivity index (χ2v) is 10.5. The third kappa shape index (κ3) is 5.47. The maximum atomic E-state index is 13.6. The molecule has 2 fully saturated rings. The fourth-order valence-corrected chi connectivity index (χ4v) is 5.49. The summed E-state index contributed by atoms with van der Waals surface area (Å²) in [5.41, 5.74) is 1.27. The standard InChI is InChI=1S/C28H36ClN3O4/c1-19(2)17-23-27(34)32(14-11-20-5-10-24(35-3)25(18-20)36-4)28(30-23)12-15-31(16-13-28)26(33)21-6-8-22(29)9-7-21/h5-10,18-19,23,30H,11-17H2,1-4H3. The quantitative estimate of drug-likeness (QED) is 0.567. The van der Waals surface area contributed by atoms with E-state index in [9.17, 15) is 9.59 Å². The molecule has 1 N–H and O–H groups in total. The number of benzene rings is 2. The van der Waals surface area contributed by atoms with E-state index in [1.165, 1.54) is 0 Å². The van der Waals surface area contributed by atoms with Crippen LogP contribution in [0.25, 0.3) is 0 Å². The molecule has 0 radical (unpaired) electrons. The smallest absolute Gasteiger partial charge is 0.253 e. The first-order valence-corrected chi connectivity index (χ1v) is 13.0. The lowest BCUT2D eigenvalue weighted by atomic mass is 9.94. The van der Waals surface area contributed by atoms with E-state index >= 15 is 0 Å². The van der Waals surface area contributed by atoms with Crippen LogP contribution in [0.4, 0.5) is 0 Å². The third-order valence-electron chi connectivity index (χ3n) is 7.27. The van der Waals surface area contributed by atoms with Crippen molar-refractivity contribution in [2.75, 3.05) is 33.9 Å². The largest absolute Gasteiger partial charge is 0.493 e. The van der Waals surface area contributed by atoms with Crippen LogP contribution in [0.1, 0.15) is 49.0 Å². The number of amides is 2. The topological polar surface area (TPSA) is 71.1 Å². The fraction of sp³-hybridized carbons (Fsp3) is 0.500. The number of likely N-dealkylation sites (tertiary alicyclic amines) is 1. The highest BCUT2D eigenvalue weighted by molar-refractivity contribution is 6.30. The van der Waals surface area contributed by atoms with Crippen LogP contribution in [0.5, 0.6) is 11.5 Å². The molecule has 2 amide bonds. The van der Waals surface area contributed by atoms with Crippen LogP contribution in [0.15, 0.2) is 42.5 Å². The van der Waals surface area contributed by atoms with Crippen LogP contribution in [0.3, 0.4) is 0 Å². The average Bonchev–Trinajstić information content (AvgIpc) is 3.12. The summed E-state index contributed by atoms with van der Waals surface area (Å²) in [5, 5.41) is 4.31. The van der Waals surface area contributed by atoms with Crippen molar-refractivity contribution in [2.45, 2.75) is 51.2 Å². The van der Waals surface area contributed by atoms with E-state index in [0.29, 0.717) is 66.9 Å². The zero-order valence-corrected chi connectivity index (χ0v) is 22.3. The van der Waals surface area contributed by atoms with E-state index in [1.54, 1.807) is 38.5 Å². The van der Waals surface area contributed by atoms with Crippen molar-refractivity contribution >= 4 is 23.4 Å². The number of nitrogens with zero attached hydrogens (tertiary/aromatic N) is 2. The van der Waals surface area contributed by atoms with E-state index in [0.717, 1.165) is 12.0 Å². The Morgan fingerprint density at radius 3 is 2.36 bits per heavy atom. The van der Waals surface area contributed by atoms with Crippen LogP contribution >= 0.6 is 11.6 Å². The number of hydrogen-bond acceptors (Lipinski definition) is 5. The second kappa shape index (κ2) is 11.1. The van der Waals surface area contributed by atoms with Crippen molar-refractivity contribution in [3.05, 3.63) is 58.6 Å². The van der Waals surface area contributed by atoms with Gasteiger partial charge >= 0.3 is 0 Å². The molecule has 2 aliphatic heterocycles. The molecular weight excluding hydrogens is 478 g/mol. The van der Waals surface area contributed by atoms with Gasteiger partial charge in [-0.3, -0.25) is 14.9 Å². The molecular formula is C28H36ClN3O4. The number of carbonyl (C=O) groups is 2. The first-order chi connectivity index (χ1) is 17.3. The van der Waals surface area contributed by atoms with Crippen molar-refractivity contribution < 1.29 is 19.1 Å². The van der Waals surface area contributed by atoms with Crippen LogP contribution in [-0.2, 0) is 11.2 Å². The van der Waals surface area contributed by atoms with Gasteiger partial charge in [-0.05, 0) is 60.7 Å². The summed E-state index contributed by atoms with van der Waals surface area (Å²) in [6.07, 6.45) is 2.88. The highest BCUT2D eigenvalue weighted by Crippen LogP contribution is 2.35. The van der Waals surface area contributed by atoms with Gasteiger partial charge in [0.25, 0.3) is 5.91 Å². The van der Waals surface area contributed by atoms with Crippen LogP contribution in [0, 0.1) is 5.92 Å². The van der Waals surface area contributed by atoms with Gasteiger partial charge < -0.3 is 19.3 Å². The lowest BCUT2D eigenvalue weighted by Gasteiger charge is -2.44. The molecule has 194 valence electrons. The van der Waals surface area contributed by atoms with Gasteiger partial charge in [0.2, 0.25) is 5.91 Å². The molecule has 4 rings (SSSR count). The van der Waals surface area contributed by atoms with Gasteiger partial charge in [-0.15, -0.1) is 0 Å². The Morgan fingerprint density at radius 2 is 1.75 bits per heavy atom. The Hall–Kier alpha value is -2.77. The number of rotatable bonds is 8. The summed E-state index contributed by atoms with van der Waals surface area (Å²) in [4.78, 5) is 30.5. The van der Waals surface area contributed by atoms with Crippen LogP contribution in [0.2, 0.25) is 5.02 Å². The predicted molar refractivity (Wildman–Crippen MR) is 141 cm³/mol. The van der Waals surface area contributed by atoms with Crippen molar-refractivity contribution in [3.63, 3.8) is 0 Å². The first-order valence-electron chi connectivity index (χ1n) is 12.6. The molecule has 36 heavy (non-hydrogen) atoms. The van der Waals surface area contributed by atoms with Gasteiger partial charge in [-0.25, -0.2) is 0 Å². The molecule has 7 nitrogen and oxygen atoms in total. The minimum atomic E-state index is -0.441. The molecule has 2 aromatic rings. The summed E-state index contributed by atoms with van der Waals surface area (Å²) in [6.45, 7) is 6.05. The van der Waals surface area contributed by atoms with Crippen molar-refractivity contribution in [2.24, 2.45) is 5.92 Å². The Bertz CT molecular complexity index is 1080. The Kier molecular flexibility index (Phi) is 8.10. The van der Waals surface area contributed by atoms with E-state index in [2.05, 4.69) is 19.2 Å². The summed E-state index contributed by atoms with van der Waals surface area (Å²) < 4.78 is 10.8. The molecule has 0 aromatic heterocycles. The highest BCUT2D eigenvalue weighted by atomic mass is 35.5. The average molecular weight is 514 g/mol. The zero-order valence-electron chi connectivity index (χ0n) is 21.6. The van der Waals surface area contributed by atoms with E-state index < -0.39 is 5.66 Å². The van der Waals surface area contributed by atoms with Gasteiger partial charge in [0, 0.05) is 43.1 Å². The van der Waals surface area contributed by atoms with E-state index in [-0.39, 0.29) is 17.9 Å². The molecule has 2 aromatic carbocycles. The zero-order chi connectivity index (χ0) is 25.9. The lowest BCUT2D eigenvalue weighted by molar-refractivity contribution is -0.133. The Morgan fingerprint density at radius 1 is 1.08 bits per heavy atom. The third-order valence-corrected chi connectivity index (χ3v) is 7.52. The molecule has 0 saturated carbocycles. The number of methoxy groups -OCH3 is 2. The summed E-state index contributed by atoms with van der Waals surface area (Å²) in [6, 6.07) is 12.7. The summed E-state index contributed by atoms with van der Waals surface area (Å²) >= 11 is 5.99. The van der Waals surface area contributed by atoms with Gasteiger partial charge in [0.05, 0.1) is 25.9 Å². The number of halogens is 1. The molecule has 2 heterocycles. The van der Waals surface area contributed by atoms with Gasteiger partial charge in [-0.2, -0.15) is 0 Å². The summed E-state index contributed by atoms with van der Waals surface area (Å²) in [5.74, 6) is 1.93. The Labute approximate surface area is 218 Å². The number of piperidine rings is 1. The SMILES string of the molecule is COc1ccc(CCN2C(=O)C(CC(C)C)NC23CCN(C(=O)c2ccc(Cl)cc2)CC3)cc1OC. The van der Waals surface area contributed by atoms with Crippen LogP contribution in [-0.4, -0.2) is 67.2 Å². The normalized spacial score (nSPS) is 19.3. The first kappa shape index (κ1) is 26.3. The predicted octanol–water partition coefficient (Wildman–Crippen LogP) is 4.38. The maximum Gasteiger partial charge on any atom is 0.253 e. The second-order valence-electron chi connectivity index (χ2n) is 10.1. The maximum absolute atomic E-state index is 13.6. The van der Waals surface area contributed by atoms with Crippen molar-refractivity contribution in [1.82, 2.24) is 15.1 Å². The molecule has 8 heteroatoms. The van der Waals surface area contributed by atoms with E-state index in [4.69, 9.17) is 21.1 Å². The summed E-state index contributed by atoms with van der Waals surface area (Å²) in [7, 11) is 3.24. The fourth-order valence-electron chi connectivity index (χ4n) is 5.36. The number of hydrogen-bond donors (Lipinski definition) is 1. The number of ether oxygens (including phenoxy) is 2. The number of nitrogens with one attached hydrogen (secondary N) is 1. The molecule has 2 aliphatic rings. The lowest BCUT2D eigenvalue weighted by Crippen LogP contribution is -2.60. The monoisotopic (exact) mass is 513 g/mol. The Balaban J connectivity index is 1.49. The highest BCUT2D eigenvalue weighted by Gasteiger charge is 2.51. The molecule has 1 spiro atoms. The molecule has 1 unspecified atom stereocenters. The van der Waals surface area contributed by atoms with Crippen molar-refractivity contribution in [3.8, 4) is 11.5 Å². The van der Waals surface area contributed by atoms with Gasteiger partial charge in [0.15, 0.2) is 11.5 Å².